The highest BCUT2D eigenvalue weighted by Gasteiger charge is 2.82. The predicted octanol–water partition coefficient (Wildman–Crippen LogP) is 5.59. The molecule has 12 heteroatoms. The molecule has 1 heterocycles. The van der Waals surface area contributed by atoms with Crippen LogP contribution in [0, 0.1) is 0 Å². The number of unbranched alkanes of at least 4 members (excludes halogenated alkanes) is 1. The van der Waals surface area contributed by atoms with Gasteiger partial charge in [0.15, 0.2) is 0 Å². The van der Waals surface area contributed by atoms with Crippen molar-refractivity contribution in [1.29, 1.82) is 0 Å². The minimum Gasteiger partial charge on any atom is -0.278 e. The molecule has 1 unspecified atom stereocenters. The minimum atomic E-state index is -7.06. The van der Waals surface area contributed by atoms with Gasteiger partial charge in [-0.1, -0.05) is 31.5 Å². The molecule has 0 spiro atoms. The van der Waals surface area contributed by atoms with Gasteiger partial charge in [-0.05, 0) is 25.0 Å². The van der Waals surface area contributed by atoms with Crippen LogP contribution in [0.1, 0.15) is 49.0 Å². The molecule has 1 atom stereocenters. The van der Waals surface area contributed by atoms with Crippen molar-refractivity contribution >= 4 is 11.8 Å². The number of rotatable bonds is 7. The Hall–Kier alpha value is -2.27. The Bertz CT molecular complexity index is 866. The Morgan fingerprint density at radius 3 is 1.97 bits per heavy atom. The second-order valence-electron chi connectivity index (χ2n) is 7.52. The van der Waals surface area contributed by atoms with E-state index in [-0.39, 0.29) is 18.5 Å². The lowest BCUT2D eigenvalue weighted by Crippen LogP contribution is -2.64. The fourth-order valence-corrected chi connectivity index (χ4v) is 3.45. The molecule has 0 aromatic heterocycles. The molecule has 3 nitrogen and oxygen atoms in total. The van der Waals surface area contributed by atoms with E-state index in [1.165, 1.54) is 12.1 Å². The van der Waals surface area contributed by atoms with Crippen LogP contribution in [0.4, 0.5) is 39.5 Å². The summed E-state index contributed by atoms with van der Waals surface area (Å²) in [7, 11) is 0. The first-order valence-electron chi connectivity index (χ1n) is 9.11. The van der Waals surface area contributed by atoms with Crippen molar-refractivity contribution in [2.75, 3.05) is 6.54 Å². The highest BCUT2D eigenvalue weighted by atomic mass is 19.4. The van der Waals surface area contributed by atoms with Crippen molar-refractivity contribution < 1.29 is 49.1 Å². The number of fused-ring (bicyclic) bond motifs is 1. The van der Waals surface area contributed by atoms with Gasteiger partial charge in [0.2, 0.25) is 5.91 Å². The van der Waals surface area contributed by atoms with E-state index >= 15 is 0 Å². The van der Waals surface area contributed by atoms with Gasteiger partial charge in [-0.15, -0.1) is 0 Å². The summed E-state index contributed by atoms with van der Waals surface area (Å²) in [5.74, 6) is -22.2. The Labute approximate surface area is 171 Å². The van der Waals surface area contributed by atoms with Gasteiger partial charge < -0.3 is 0 Å². The van der Waals surface area contributed by atoms with Gasteiger partial charge in [0.1, 0.15) is 0 Å². The average Bonchev–Trinajstić information content (AvgIpc) is 2.65. The largest absolute Gasteiger partial charge is 0.460 e. The fourth-order valence-electron chi connectivity index (χ4n) is 3.45. The molecule has 1 aliphatic rings. The van der Waals surface area contributed by atoms with Crippen LogP contribution in [0.5, 0.6) is 0 Å². The lowest BCUT2D eigenvalue weighted by Gasteiger charge is -2.43. The summed E-state index contributed by atoms with van der Waals surface area (Å²) < 4.78 is 120. The van der Waals surface area contributed by atoms with E-state index in [4.69, 9.17) is 0 Å². The van der Waals surface area contributed by atoms with Crippen LogP contribution in [-0.2, 0) is 10.2 Å². The SMILES string of the molecule is CCCCN1C(=O)c2ccccc2C(C)(CC(F)(F)C(F)(F)C(F)(F)C(F)(F)F)C1=O. The third-order valence-electron chi connectivity index (χ3n) is 5.23. The zero-order valence-electron chi connectivity index (χ0n) is 16.3. The van der Waals surface area contributed by atoms with Crippen molar-refractivity contribution in [1.82, 2.24) is 4.90 Å². The molecular formula is C19H18F9NO2. The highest BCUT2D eigenvalue weighted by molar-refractivity contribution is 6.13. The van der Waals surface area contributed by atoms with Gasteiger partial charge >= 0.3 is 23.9 Å². The lowest BCUT2D eigenvalue weighted by molar-refractivity contribution is -0.397. The Morgan fingerprint density at radius 1 is 0.903 bits per heavy atom. The number of hydrogen-bond acceptors (Lipinski definition) is 2. The van der Waals surface area contributed by atoms with Crippen LogP contribution < -0.4 is 0 Å². The molecule has 0 saturated carbocycles. The number of imide groups is 1. The molecule has 0 saturated heterocycles. The number of nitrogens with zero attached hydrogens (tertiary/aromatic N) is 1. The van der Waals surface area contributed by atoms with E-state index < -0.39 is 53.2 Å². The van der Waals surface area contributed by atoms with E-state index in [0.29, 0.717) is 11.3 Å². The summed E-state index contributed by atoms with van der Waals surface area (Å²) in [6.07, 6.45) is -8.64. The summed E-state index contributed by atoms with van der Waals surface area (Å²) >= 11 is 0. The van der Waals surface area contributed by atoms with E-state index in [1.54, 1.807) is 6.92 Å². The molecule has 2 amide bonds. The third-order valence-corrected chi connectivity index (χ3v) is 5.23. The van der Waals surface area contributed by atoms with Crippen LogP contribution in [0.25, 0.3) is 0 Å². The number of carbonyl (C=O) groups is 2. The maximum Gasteiger partial charge on any atom is 0.460 e. The summed E-state index contributed by atoms with van der Waals surface area (Å²) in [6.45, 7) is 2.13. The second kappa shape index (κ2) is 7.70. The molecule has 1 aromatic carbocycles. The molecule has 0 fully saturated rings. The van der Waals surface area contributed by atoms with Crippen LogP contribution in [0.3, 0.4) is 0 Å². The Balaban J connectivity index is 2.60. The molecular weight excluding hydrogens is 445 g/mol. The molecule has 0 N–H and O–H groups in total. The Kier molecular flexibility index (Phi) is 6.21. The van der Waals surface area contributed by atoms with E-state index in [2.05, 4.69) is 0 Å². The summed E-state index contributed by atoms with van der Waals surface area (Å²) in [4.78, 5) is 26.0. The monoisotopic (exact) mass is 463 g/mol. The number of benzene rings is 1. The van der Waals surface area contributed by atoms with Crippen molar-refractivity contribution in [3.63, 3.8) is 0 Å². The van der Waals surface area contributed by atoms with Crippen molar-refractivity contribution in [2.45, 2.75) is 62.5 Å². The molecule has 0 bridgehead atoms. The summed E-state index contributed by atoms with van der Waals surface area (Å²) in [6, 6.07) is 4.62. The van der Waals surface area contributed by atoms with Gasteiger partial charge in [-0.2, -0.15) is 39.5 Å². The van der Waals surface area contributed by atoms with Crippen LogP contribution in [-0.4, -0.2) is 47.2 Å². The van der Waals surface area contributed by atoms with Crippen LogP contribution >= 0.6 is 0 Å². The maximum absolute atomic E-state index is 14.4. The van der Waals surface area contributed by atoms with Crippen LogP contribution in [0.15, 0.2) is 24.3 Å². The molecule has 0 radical (unpaired) electrons. The average molecular weight is 463 g/mol. The number of amides is 2. The first kappa shape index (κ1) is 25.0. The Morgan fingerprint density at radius 2 is 1.45 bits per heavy atom. The van der Waals surface area contributed by atoms with Crippen molar-refractivity contribution in [2.24, 2.45) is 0 Å². The molecule has 174 valence electrons. The molecule has 0 aliphatic carbocycles. The number of hydrogen-bond donors (Lipinski definition) is 0. The van der Waals surface area contributed by atoms with Gasteiger partial charge in [0, 0.05) is 18.5 Å². The smallest absolute Gasteiger partial charge is 0.278 e. The third kappa shape index (κ3) is 3.78. The van der Waals surface area contributed by atoms with Gasteiger partial charge in [0.25, 0.3) is 5.91 Å². The fraction of sp³-hybridized carbons (Fsp3) is 0.579. The van der Waals surface area contributed by atoms with E-state index in [9.17, 15) is 49.1 Å². The summed E-state index contributed by atoms with van der Waals surface area (Å²) in [5.41, 5.74) is -3.42. The van der Waals surface area contributed by atoms with Crippen molar-refractivity contribution in [3.8, 4) is 0 Å². The zero-order valence-corrected chi connectivity index (χ0v) is 16.3. The second-order valence-corrected chi connectivity index (χ2v) is 7.52. The van der Waals surface area contributed by atoms with E-state index in [1.807, 2.05) is 0 Å². The summed E-state index contributed by atoms with van der Waals surface area (Å²) in [5, 5.41) is 0. The first-order chi connectivity index (χ1) is 14.0. The first-order valence-corrected chi connectivity index (χ1v) is 9.11. The van der Waals surface area contributed by atoms with Gasteiger partial charge in [-0.3, -0.25) is 14.5 Å². The molecule has 2 rings (SSSR count). The maximum atomic E-state index is 14.4. The normalized spacial score (nSPS) is 20.8. The van der Waals surface area contributed by atoms with Crippen LogP contribution in [0.2, 0.25) is 0 Å². The number of halogens is 9. The quantitative estimate of drug-likeness (QED) is 0.391. The highest BCUT2D eigenvalue weighted by Crippen LogP contribution is 2.56. The molecule has 31 heavy (non-hydrogen) atoms. The van der Waals surface area contributed by atoms with E-state index in [0.717, 1.165) is 19.1 Å². The number of alkyl halides is 9. The topological polar surface area (TPSA) is 37.4 Å². The minimum absolute atomic E-state index is 0.231. The molecule has 1 aliphatic heterocycles. The lowest BCUT2D eigenvalue weighted by atomic mass is 9.70. The molecule has 1 aromatic rings. The number of carbonyl (C=O) groups excluding carboxylic acids is 2. The zero-order chi connectivity index (χ0) is 24.0. The standard InChI is InChI=1S/C19H18F9NO2/c1-3-4-9-29-13(30)11-7-5-6-8-12(11)15(2,14(29)31)10-16(20,21)17(22,23)18(24,25)19(26,27)28/h5-8H,3-4,9-10H2,1-2H3. The van der Waals surface area contributed by atoms with Gasteiger partial charge in [-0.25, -0.2) is 0 Å². The van der Waals surface area contributed by atoms with Gasteiger partial charge in [0.05, 0.1) is 5.41 Å². The van der Waals surface area contributed by atoms with Crippen molar-refractivity contribution in [3.05, 3.63) is 35.4 Å². The predicted molar refractivity (Wildman–Crippen MR) is 90.3 cm³/mol.